The van der Waals surface area contributed by atoms with Gasteiger partial charge in [-0.3, -0.25) is 14.9 Å². The highest BCUT2D eigenvalue weighted by Crippen LogP contribution is 2.36. The Labute approximate surface area is 203 Å². The zero-order valence-electron chi connectivity index (χ0n) is 18.8. The number of nitro benzene ring substituents is 1. The van der Waals surface area contributed by atoms with Gasteiger partial charge in [-0.15, -0.1) is 11.3 Å². The number of aryl methyl sites for hydroxylation is 2. The summed E-state index contributed by atoms with van der Waals surface area (Å²) in [4.78, 5) is 45.4. The van der Waals surface area contributed by atoms with Crippen LogP contribution in [0.5, 0.6) is 11.5 Å². The number of nitrogens with zero attached hydrogens (tertiary/aromatic N) is 2. The molecule has 5 rings (SSSR count). The van der Waals surface area contributed by atoms with Crippen LogP contribution in [0.25, 0.3) is 21.6 Å². The average molecular weight is 492 g/mol. The molecule has 0 saturated carbocycles. The molecular formula is C25H21N3O6S. The van der Waals surface area contributed by atoms with Gasteiger partial charge in [0.2, 0.25) is 0 Å². The van der Waals surface area contributed by atoms with Gasteiger partial charge in [-0.1, -0.05) is 0 Å². The third kappa shape index (κ3) is 4.40. The number of hydrogen-bond acceptors (Lipinski definition) is 8. The minimum atomic E-state index is -0.675. The van der Waals surface area contributed by atoms with Gasteiger partial charge in [0.05, 0.1) is 22.5 Å². The number of rotatable bonds is 6. The van der Waals surface area contributed by atoms with Crippen LogP contribution in [-0.4, -0.2) is 27.5 Å². The van der Waals surface area contributed by atoms with Crippen molar-refractivity contribution in [1.82, 2.24) is 9.97 Å². The lowest BCUT2D eigenvalue weighted by atomic mass is 9.97. The molecule has 2 aromatic carbocycles. The largest absolute Gasteiger partial charge is 0.490 e. The van der Waals surface area contributed by atoms with Crippen LogP contribution >= 0.6 is 11.3 Å². The van der Waals surface area contributed by atoms with E-state index in [0.29, 0.717) is 29.1 Å². The molecule has 0 unspecified atom stereocenters. The number of non-ortho nitro benzene ring substituents is 1. The molecule has 178 valence electrons. The van der Waals surface area contributed by atoms with Crippen molar-refractivity contribution in [3.8, 4) is 22.9 Å². The van der Waals surface area contributed by atoms with Gasteiger partial charge in [0.25, 0.3) is 11.2 Å². The number of fused-ring (bicyclic) bond motifs is 3. The molecule has 2 aromatic heterocycles. The van der Waals surface area contributed by atoms with E-state index in [1.165, 1.54) is 29.1 Å². The summed E-state index contributed by atoms with van der Waals surface area (Å²) in [5.74, 6) is 0.239. The van der Waals surface area contributed by atoms with E-state index in [4.69, 9.17) is 14.5 Å². The highest BCUT2D eigenvalue weighted by molar-refractivity contribution is 7.18. The number of thiophene rings is 1. The first-order chi connectivity index (χ1) is 16.9. The van der Waals surface area contributed by atoms with Gasteiger partial charge in [-0.05, 0) is 68.5 Å². The van der Waals surface area contributed by atoms with Gasteiger partial charge >= 0.3 is 5.97 Å². The molecule has 0 atom stereocenters. The Morgan fingerprint density at radius 2 is 1.91 bits per heavy atom. The van der Waals surface area contributed by atoms with E-state index in [1.807, 2.05) is 0 Å². The van der Waals surface area contributed by atoms with E-state index in [9.17, 15) is 19.7 Å². The van der Waals surface area contributed by atoms with Crippen LogP contribution in [0, 0.1) is 10.1 Å². The molecule has 0 radical (unpaired) electrons. The molecule has 0 fully saturated rings. The summed E-state index contributed by atoms with van der Waals surface area (Å²) in [7, 11) is 0. The molecule has 1 N–H and O–H groups in total. The maximum Gasteiger partial charge on any atom is 0.343 e. The van der Waals surface area contributed by atoms with Crippen molar-refractivity contribution in [1.29, 1.82) is 0 Å². The van der Waals surface area contributed by atoms with Crippen LogP contribution in [0.15, 0.2) is 47.3 Å². The molecule has 35 heavy (non-hydrogen) atoms. The SMILES string of the molecule is CCOc1cc(-c2nc3sc4c(c3c(=O)[nH]2)CCCC4)ccc1OC(=O)c1ccc([N+](=O)[O-])cc1. The zero-order chi connectivity index (χ0) is 24.5. The molecule has 1 aliphatic rings. The number of aromatic nitrogens is 2. The number of nitro groups is 1. The number of nitrogens with one attached hydrogen (secondary N) is 1. The summed E-state index contributed by atoms with van der Waals surface area (Å²) in [6.45, 7) is 2.13. The highest BCUT2D eigenvalue weighted by atomic mass is 32.1. The van der Waals surface area contributed by atoms with Crippen molar-refractivity contribution in [2.75, 3.05) is 6.61 Å². The Bertz CT molecular complexity index is 1510. The summed E-state index contributed by atoms with van der Waals surface area (Å²) < 4.78 is 11.2. The van der Waals surface area contributed by atoms with Crippen LogP contribution in [0.1, 0.15) is 40.6 Å². The van der Waals surface area contributed by atoms with Gasteiger partial charge in [0.1, 0.15) is 10.7 Å². The predicted octanol–water partition coefficient (Wildman–Crippen LogP) is 5.06. The van der Waals surface area contributed by atoms with E-state index in [1.54, 1.807) is 36.5 Å². The van der Waals surface area contributed by atoms with E-state index in [0.717, 1.165) is 36.1 Å². The highest BCUT2D eigenvalue weighted by Gasteiger charge is 2.21. The molecular weight excluding hydrogens is 470 g/mol. The number of esters is 1. The molecule has 2 heterocycles. The Morgan fingerprint density at radius 3 is 2.66 bits per heavy atom. The Balaban J connectivity index is 1.46. The molecule has 9 nitrogen and oxygen atoms in total. The lowest BCUT2D eigenvalue weighted by Gasteiger charge is -2.12. The van der Waals surface area contributed by atoms with Crippen molar-refractivity contribution >= 4 is 33.2 Å². The first kappa shape index (κ1) is 22.7. The average Bonchev–Trinajstić information content (AvgIpc) is 3.24. The van der Waals surface area contributed by atoms with Crippen molar-refractivity contribution < 1.29 is 19.2 Å². The minimum absolute atomic E-state index is 0.119. The van der Waals surface area contributed by atoms with Gasteiger partial charge in [0, 0.05) is 22.6 Å². The number of aromatic amines is 1. The first-order valence-corrected chi connectivity index (χ1v) is 12.0. The van der Waals surface area contributed by atoms with Crippen LogP contribution < -0.4 is 15.0 Å². The standard InChI is InChI=1S/C25H21N3O6S/c1-2-33-19-13-15(9-12-18(19)34-25(30)14-7-10-16(11-8-14)28(31)32)22-26-23(29)21-17-5-3-4-6-20(17)35-24(21)27-22/h7-13H,2-6H2,1H3,(H,26,27,29). The molecule has 4 aromatic rings. The monoisotopic (exact) mass is 491 g/mol. The van der Waals surface area contributed by atoms with Crippen molar-refractivity contribution in [2.45, 2.75) is 32.6 Å². The quantitative estimate of drug-likeness (QED) is 0.173. The second-order valence-electron chi connectivity index (χ2n) is 8.09. The predicted molar refractivity (Wildman–Crippen MR) is 132 cm³/mol. The maximum absolute atomic E-state index is 12.9. The fourth-order valence-electron chi connectivity index (χ4n) is 4.19. The zero-order valence-corrected chi connectivity index (χ0v) is 19.6. The summed E-state index contributed by atoms with van der Waals surface area (Å²) in [5, 5.41) is 11.5. The number of H-pyrrole nitrogens is 1. The molecule has 10 heteroatoms. The summed E-state index contributed by atoms with van der Waals surface area (Å²) in [6.07, 6.45) is 4.09. The van der Waals surface area contributed by atoms with Crippen LogP contribution in [0.2, 0.25) is 0 Å². The van der Waals surface area contributed by atoms with Crippen LogP contribution in [0.4, 0.5) is 5.69 Å². The van der Waals surface area contributed by atoms with E-state index >= 15 is 0 Å². The number of hydrogen-bond donors (Lipinski definition) is 1. The molecule has 0 saturated heterocycles. The minimum Gasteiger partial charge on any atom is -0.490 e. The number of carbonyl (C=O) groups excluding carboxylic acids is 1. The van der Waals surface area contributed by atoms with Gasteiger partial charge in [-0.2, -0.15) is 0 Å². The first-order valence-electron chi connectivity index (χ1n) is 11.2. The second-order valence-corrected chi connectivity index (χ2v) is 9.18. The Morgan fingerprint density at radius 1 is 1.14 bits per heavy atom. The normalized spacial score (nSPS) is 12.8. The summed E-state index contributed by atoms with van der Waals surface area (Å²) in [5.41, 5.74) is 1.64. The Kier molecular flexibility index (Phi) is 6.04. The smallest absolute Gasteiger partial charge is 0.343 e. The summed E-state index contributed by atoms with van der Waals surface area (Å²) in [6, 6.07) is 10.1. The fraction of sp³-hybridized carbons (Fsp3) is 0.240. The van der Waals surface area contributed by atoms with E-state index in [-0.39, 0.29) is 22.6 Å². The van der Waals surface area contributed by atoms with E-state index in [2.05, 4.69) is 4.98 Å². The van der Waals surface area contributed by atoms with Crippen LogP contribution in [-0.2, 0) is 12.8 Å². The lowest BCUT2D eigenvalue weighted by Crippen LogP contribution is -2.12. The third-order valence-electron chi connectivity index (χ3n) is 5.86. The van der Waals surface area contributed by atoms with Crippen LogP contribution in [0.3, 0.4) is 0 Å². The van der Waals surface area contributed by atoms with Gasteiger partial charge < -0.3 is 14.5 Å². The van der Waals surface area contributed by atoms with Crippen molar-refractivity contribution in [2.24, 2.45) is 0 Å². The molecule has 0 aliphatic heterocycles. The number of benzene rings is 2. The number of carbonyl (C=O) groups is 1. The maximum atomic E-state index is 12.9. The topological polar surface area (TPSA) is 124 Å². The van der Waals surface area contributed by atoms with Gasteiger partial charge in [0.15, 0.2) is 11.5 Å². The third-order valence-corrected chi connectivity index (χ3v) is 7.04. The summed E-state index contributed by atoms with van der Waals surface area (Å²) >= 11 is 1.58. The van der Waals surface area contributed by atoms with Gasteiger partial charge in [-0.25, -0.2) is 9.78 Å². The number of ether oxygens (including phenoxy) is 2. The fourth-order valence-corrected chi connectivity index (χ4v) is 5.45. The van der Waals surface area contributed by atoms with Crippen molar-refractivity contribution in [3.05, 3.63) is 78.9 Å². The Hall–Kier alpha value is -4.05. The molecule has 0 amide bonds. The second kappa shape index (κ2) is 9.30. The molecule has 0 bridgehead atoms. The molecule has 0 spiro atoms. The lowest BCUT2D eigenvalue weighted by molar-refractivity contribution is -0.384. The molecule has 1 aliphatic carbocycles. The van der Waals surface area contributed by atoms with Crippen molar-refractivity contribution in [3.63, 3.8) is 0 Å². The van der Waals surface area contributed by atoms with E-state index < -0.39 is 10.9 Å².